The average molecular weight is 428 g/mol. The van der Waals surface area contributed by atoms with Gasteiger partial charge in [0, 0.05) is 17.8 Å². The highest BCUT2D eigenvalue weighted by Gasteiger charge is 2.38. The molecular weight excluding hydrogens is 419 g/mol. The average Bonchev–Trinajstić information content (AvgIpc) is 2.87. The van der Waals surface area contributed by atoms with Gasteiger partial charge in [-0.2, -0.15) is 13.2 Å². The molecule has 0 radical (unpaired) electrons. The van der Waals surface area contributed by atoms with Gasteiger partial charge >= 0.3 is 6.18 Å². The summed E-state index contributed by atoms with van der Waals surface area (Å²) in [6.45, 7) is -0.788. The third-order valence-electron chi connectivity index (χ3n) is 4.02. The van der Waals surface area contributed by atoms with E-state index in [-0.39, 0.29) is 16.8 Å². The predicted molar refractivity (Wildman–Crippen MR) is 93.5 cm³/mol. The lowest BCUT2D eigenvalue weighted by Gasteiger charge is -2.15. The van der Waals surface area contributed by atoms with Crippen LogP contribution in [0.1, 0.15) is 26.3 Å². The lowest BCUT2D eigenvalue weighted by atomic mass is 10.1. The van der Waals surface area contributed by atoms with E-state index in [1.807, 2.05) is 0 Å². The van der Waals surface area contributed by atoms with Gasteiger partial charge in [0.15, 0.2) is 0 Å². The molecule has 0 spiro atoms. The molecule has 0 aliphatic carbocycles. The standard InChI is InChI=1S/C17H9ClF3N3O5/c18-13-4-1-8(5-12(13)17(19,20)21)22-14(25)7-23-15(26)10-3-2-9(24(28)29)6-11(10)16(23)27/h1-6H,7H2,(H,22,25). The summed E-state index contributed by atoms with van der Waals surface area (Å²) in [6, 6.07) is 5.75. The molecule has 3 rings (SSSR count). The number of halogens is 4. The van der Waals surface area contributed by atoms with Gasteiger partial charge < -0.3 is 5.32 Å². The van der Waals surface area contributed by atoms with E-state index in [0.29, 0.717) is 11.0 Å². The summed E-state index contributed by atoms with van der Waals surface area (Å²) in [6.07, 6.45) is -4.74. The number of non-ortho nitro benzene ring substituents is 1. The number of benzene rings is 2. The maximum atomic E-state index is 12.9. The number of nitrogens with zero attached hydrogens (tertiary/aromatic N) is 2. The third-order valence-corrected chi connectivity index (χ3v) is 4.35. The van der Waals surface area contributed by atoms with Crippen molar-refractivity contribution in [3.05, 3.63) is 68.2 Å². The molecule has 0 saturated heterocycles. The highest BCUT2D eigenvalue weighted by molar-refractivity contribution is 6.31. The second kappa shape index (κ2) is 7.17. The van der Waals surface area contributed by atoms with Crippen LogP contribution < -0.4 is 5.32 Å². The van der Waals surface area contributed by atoms with Gasteiger partial charge in [-0.25, -0.2) is 0 Å². The maximum Gasteiger partial charge on any atom is 0.417 e. The zero-order chi connectivity index (χ0) is 21.5. The van der Waals surface area contributed by atoms with Gasteiger partial charge in [-0.3, -0.25) is 29.4 Å². The molecule has 1 heterocycles. The molecule has 0 aromatic heterocycles. The third kappa shape index (κ3) is 3.90. The molecule has 150 valence electrons. The summed E-state index contributed by atoms with van der Waals surface area (Å²) < 4.78 is 38.7. The molecule has 8 nitrogen and oxygen atoms in total. The minimum absolute atomic E-state index is 0.112. The summed E-state index contributed by atoms with van der Waals surface area (Å²) in [5.74, 6) is -2.71. The van der Waals surface area contributed by atoms with Crippen LogP contribution in [0.15, 0.2) is 36.4 Å². The van der Waals surface area contributed by atoms with Gasteiger partial charge in [0.1, 0.15) is 6.54 Å². The maximum absolute atomic E-state index is 12.9. The Labute approximate surface area is 165 Å². The number of hydrogen-bond acceptors (Lipinski definition) is 5. The highest BCUT2D eigenvalue weighted by atomic mass is 35.5. The number of nitro groups is 1. The van der Waals surface area contributed by atoms with E-state index in [1.54, 1.807) is 0 Å². The molecule has 1 aliphatic heterocycles. The van der Waals surface area contributed by atoms with E-state index in [0.717, 1.165) is 30.3 Å². The molecule has 0 unspecified atom stereocenters. The van der Waals surface area contributed by atoms with Gasteiger partial charge in [0.05, 0.1) is 26.6 Å². The van der Waals surface area contributed by atoms with Crippen LogP contribution in [0.2, 0.25) is 5.02 Å². The van der Waals surface area contributed by atoms with Crippen molar-refractivity contribution in [2.75, 3.05) is 11.9 Å². The zero-order valence-corrected chi connectivity index (χ0v) is 14.9. The van der Waals surface area contributed by atoms with Gasteiger partial charge in [-0.1, -0.05) is 11.6 Å². The Morgan fingerprint density at radius 1 is 1.10 bits per heavy atom. The second-order valence-electron chi connectivity index (χ2n) is 5.92. The smallest absolute Gasteiger partial charge is 0.325 e. The van der Waals surface area contributed by atoms with Crippen LogP contribution in [-0.4, -0.2) is 34.1 Å². The van der Waals surface area contributed by atoms with Crippen molar-refractivity contribution in [3.63, 3.8) is 0 Å². The first-order chi connectivity index (χ1) is 13.5. The van der Waals surface area contributed by atoms with E-state index in [9.17, 15) is 37.7 Å². The lowest BCUT2D eigenvalue weighted by Crippen LogP contribution is -2.37. The number of nitrogens with one attached hydrogen (secondary N) is 1. The second-order valence-corrected chi connectivity index (χ2v) is 6.33. The van der Waals surface area contributed by atoms with Gasteiger partial charge in [-0.05, 0) is 24.3 Å². The fourth-order valence-corrected chi connectivity index (χ4v) is 2.92. The Bertz CT molecular complexity index is 1070. The molecule has 0 atom stereocenters. The molecule has 1 N–H and O–H groups in total. The summed E-state index contributed by atoms with van der Waals surface area (Å²) in [7, 11) is 0. The van der Waals surface area contributed by atoms with Gasteiger partial charge in [-0.15, -0.1) is 0 Å². The van der Waals surface area contributed by atoms with E-state index in [1.165, 1.54) is 0 Å². The van der Waals surface area contributed by atoms with E-state index < -0.39 is 51.6 Å². The lowest BCUT2D eigenvalue weighted by molar-refractivity contribution is -0.384. The van der Waals surface area contributed by atoms with Crippen LogP contribution in [0.5, 0.6) is 0 Å². The Kier molecular flexibility index (Phi) is 5.01. The molecule has 1 aliphatic rings. The first-order valence-electron chi connectivity index (χ1n) is 7.80. The number of fused-ring (bicyclic) bond motifs is 1. The first-order valence-corrected chi connectivity index (χ1v) is 8.18. The first kappa shape index (κ1) is 20.3. The predicted octanol–water partition coefficient (Wildman–Crippen LogP) is 3.50. The van der Waals surface area contributed by atoms with Crippen molar-refractivity contribution in [3.8, 4) is 0 Å². The topological polar surface area (TPSA) is 110 Å². The van der Waals surface area contributed by atoms with Crippen molar-refractivity contribution in [2.24, 2.45) is 0 Å². The molecule has 2 aromatic rings. The number of amides is 3. The van der Waals surface area contributed by atoms with Crippen molar-refractivity contribution < 1.29 is 32.5 Å². The van der Waals surface area contributed by atoms with Crippen LogP contribution in [0.4, 0.5) is 24.5 Å². The molecular formula is C17H9ClF3N3O5. The molecule has 2 aromatic carbocycles. The van der Waals surface area contributed by atoms with E-state index in [2.05, 4.69) is 5.32 Å². The number of rotatable bonds is 4. The van der Waals surface area contributed by atoms with Gasteiger partial charge in [0.25, 0.3) is 17.5 Å². The summed E-state index contributed by atoms with van der Waals surface area (Å²) in [5.41, 5.74) is -2.15. The van der Waals surface area contributed by atoms with Gasteiger partial charge in [0.2, 0.25) is 5.91 Å². The molecule has 12 heteroatoms. The van der Waals surface area contributed by atoms with Crippen molar-refractivity contribution in [2.45, 2.75) is 6.18 Å². The summed E-state index contributed by atoms with van der Waals surface area (Å²) >= 11 is 5.50. The molecule has 0 bridgehead atoms. The SMILES string of the molecule is O=C(CN1C(=O)c2ccc([N+](=O)[O-])cc2C1=O)Nc1ccc(Cl)c(C(F)(F)F)c1. The monoisotopic (exact) mass is 427 g/mol. The highest BCUT2D eigenvalue weighted by Crippen LogP contribution is 2.36. The van der Waals surface area contributed by atoms with E-state index in [4.69, 9.17) is 11.6 Å². The Morgan fingerprint density at radius 2 is 1.76 bits per heavy atom. The van der Waals surface area contributed by atoms with Crippen LogP contribution in [0, 0.1) is 10.1 Å². The van der Waals surface area contributed by atoms with E-state index >= 15 is 0 Å². The summed E-state index contributed by atoms with van der Waals surface area (Å²) in [4.78, 5) is 47.4. The van der Waals surface area contributed by atoms with Crippen LogP contribution in [-0.2, 0) is 11.0 Å². The largest absolute Gasteiger partial charge is 0.417 e. The molecule has 29 heavy (non-hydrogen) atoms. The fourth-order valence-electron chi connectivity index (χ4n) is 2.70. The number of alkyl halides is 3. The summed E-state index contributed by atoms with van der Waals surface area (Å²) in [5, 5.41) is 12.4. The Balaban J connectivity index is 1.77. The Morgan fingerprint density at radius 3 is 2.38 bits per heavy atom. The van der Waals surface area contributed by atoms with Crippen LogP contribution in [0.3, 0.4) is 0 Å². The minimum atomic E-state index is -4.74. The number of imide groups is 1. The minimum Gasteiger partial charge on any atom is -0.325 e. The number of carbonyl (C=O) groups is 3. The Hall–Kier alpha value is -3.47. The number of hydrogen-bond donors (Lipinski definition) is 1. The number of carbonyl (C=O) groups excluding carboxylic acids is 3. The molecule has 3 amide bonds. The molecule has 0 fully saturated rings. The number of anilines is 1. The number of nitro benzene ring substituents is 1. The quantitative estimate of drug-likeness (QED) is 0.456. The van der Waals surface area contributed by atoms with Crippen molar-refractivity contribution >= 4 is 40.7 Å². The fraction of sp³-hybridized carbons (Fsp3) is 0.118. The molecule has 0 saturated carbocycles. The zero-order valence-electron chi connectivity index (χ0n) is 14.1. The normalized spacial score (nSPS) is 13.4. The van der Waals surface area contributed by atoms with Crippen LogP contribution in [0.25, 0.3) is 0 Å². The van der Waals surface area contributed by atoms with Crippen LogP contribution >= 0.6 is 11.6 Å². The van der Waals surface area contributed by atoms with Crippen molar-refractivity contribution in [1.29, 1.82) is 0 Å². The van der Waals surface area contributed by atoms with Crippen molar-refractivity contribution in [1.82, 2.24) is 4.90 Å².